The van der Waals surface area contributed by atoms with Crippen LogP contribution in [-0.4, -0.2) is 91.3 Å². The zero-order valence-corrected chi connectivity index (χ0v) is 14.3. The van der Waals surface area contributed by atoms with Gasteiger partial charge in [0.05, 0.1) is 13.2 Å². The Morgan fingerprint density at radius 1 is 1.05 bits per heavy atom. The van der Waals surface area contributed by atoms with Gasteiger partial charge >= 0.3 is 0 Å². The number of hydrogen-bond acceptors (Lipinski definition) is 5. The van der Waals surface area contributed by atoms with Crippen molar-refractivity contribution in [1.82, 2.24) is 13.5 Å². The number of morpholine rings is 1. The van der Waals surface area contributed by atoms with Gasteiger partial charge in [-0.1, -0.05) is 0 Å². The molecule has 0 aromatic carbocycles. The van der Waals surface area contributed by atoms with Gasteiger partial charge in [0.15, 0.2) is 0 Å². The standard InChI is InChI=1S/C13H23N3O4S2/c17-13(14-6-10-21-11-7-14)12-2-1-3-16(12)22(18,19)15-4-8-20-9-5-15/h12H,1-11H2. The van der Waals surface area contributed by atoms with Crippen LogP contribution in [-0.2, 0) is 19.7 Å². The number of rotatable bonds is 3. The van der Waals surface area contributed by atoms with Crippen molar-refractivity contribution in [2.24, 2.45) is 0 Å². The topological polar surface area (TPSA) is 70.2 Å². The number of nitrogens with zero attached hydrogens (tertiary/aromatic N) is 3. The molecule has 1 amide bonds. The quantitative estimate of drug-likeness (QED) is 0.694. The van der Waals surface area contributed by atoms with E-state index in [2.05, 4.69) is 0 Å². The predicted molar refractivity (Wildman–Crippen MR) is 84.9 cm³/mol. The van der Waals surface area contributed by atoms with Gasteiger partial charge < -0.3 is 9.64 Å². The molecule has 7 nitrogen and oxygen atoms in total. The summed E-state index contributed by atoms with van der Waals surface area (Å²) in [6.45, 7) is 3.50. The summed E-state index contributed by atoms with van der Waals surface area (Å²) < 4.78 is 33.7. The molecule has 0 aliphatic carbocycles. The molecular formula is C13H23N3O4S2. The summed E-state index contributed by atoms with van der Waals surface area (Å²) >= 11 is 1.84. The Hall–Kier alpha value is -0.350. The second kappa shape index (κ2) is 7.04. The van der Waals surface area contributed by atoms with Crippen molar-refractivity contribution in [3.8, 4) is 0 Å². The Morgan fingerprint density at radius 2 is 1.73 bits per heavy atom. The minimum absolute atomic E-state index is 0.0189. The zero-order chi connectivity index (χ0) is 15.6. The van der Waals surface area contributed by atoms with Crippen molar-refractivity contribution in [2.75, 3.05) is 57.4 Å². The first-order chi connectivity index (χ1) is 10.6. The van der Waals surface area contributed by atoms with Crippen LogP contribution in [0.4, 0.5) is 0 Å². The number of thioether (sulfide) groups is 1. The highest BCUT2D eigenvalue weighted by molar-refractivity contribution is 7.99. The number of ether oxygens (including phenoxy) is 1. The van der Waals surface area contributed by atoms with Gasteiger partial charge in [0.25, 0.3) is 10.2 Å². The van der Waals surface area contributed by atoms with Crippen LogP contribution in [0.15, 0.2) is 0 Å². The van der Waals surface area contributed by atoms with Crippen molar-refractivity contribution in [3.05, 3.63) is 0 Å². The lowest BCUT2D eigenvalue weighted by atomic mass is 10.2. The molecule has 0 spiro atoms. The summed E-state index contributed by atoms with van der Waals surface area (Å²) in [6, 6.07) is -0.518. The van der Waals surface area contributed by atoms with E-state index >= 15 is 0 Å². The first-order valence-corrected chi connectivity index (χ1v) is 10.4. The van der Waals surface area contributed by atoms with E-state index < -0.39 is 16.3 Å². The smallest absolute Gasteiger partial charge is 0.282 e. The molecule has 3 fully saturated rings. The maximum atomic E-state index is 12.8. The Bertz CT molecular complexity index is 501. The van der Waals surface area contributed by atoms with Crippen LogP contribution in [0.5, 0.6) is 0 Å². The molecule has 3 saturated heterocycles. The fourth-order valence-electron chi connectivity index (χ4n) is 3.18. The first kappa shape index (κ1) is 16.5. The SMILES string of the molecule is O=C(C1CCCN1S(=O)(=O)N1CCOCC1)N1CCSCC1. The Labute approximate surface area is 136 Å². The number of carbonyl (C=O) groups is 1. The van der Waals surface area contributed by atoms with Gasteiger partial charge in [-0.3, -0.25) is 4.79 Å². The fraction of sp³-hybridized carbons (Fsp3) is 0.923. The lowest BCUT2D eigenvalue weighted by Gasteiger charge is -2.35. The summed E-state index contributed by atoms with van der Waals surface area (Å²) in [5.74, 6) is 1.86. The average Bonchev–Trinajstić information content (AvgIpc) is 3.06. The first-order valence-electron chi connectivity index (χ1n) is 7.82. The molecule has 1 atom stereocenters. The summed E-state index contributed by atoms with van der Waals surface area (Å²) in [7, 11) is -3.56. The highest BCUT2D eigenvalue weighted by atomic mass is 32.2. The summed E-state index contributed by atoms with van der Waals surface area (Å²) in [5.41, 5.74) is 0. The molecule has 9 heteroatoms. The van der Waals surface area contributed by atoms with Crippen LogP contribution in [0.2, 0.25) is 0 Å². The van der Waals surface area contributed by atoms with E-state index in [0.29, 0.717) is 39.3 Å². The second-order valence-corrected chi connectivity index (χ2v) is 8.83. The van der Waals surface area contributed by atoms with Crippen LogP contribution in [0.3, 0.4) is 0 Å². The van der Waals surface area contributed by atoms with Crippen LogP contribution < -0.4 is 0 Å². The largest absolute Gasteiger partial charge is 0.379 e. The third-order valence-electron chi connectivity index (χ3n) is 4.40. The van der Waals surface area contributed by atoms with Crippen LogP contribution in [0, 0.1) is 0 Å². The van der Waals surface area contributed by atoms with E-state index in [9.17, 15) is 13.2 Å². The second-order valence-electron chi connectivity index (χ2n) is 5.73. The zero-order valence-electron chi connectivity index (χ0n) is 12.6. The van der Waals surface area contributed by atoms with Crippen molar-refractivity contribution < 1.29 is 17.9 Å². The molecule has 3 aliphatic rings. The van der Waals surface area contributed by atoms with Crippen molar-refractivity contribution in [1.29, 1.82) is 0 Å². The molecule has 0 saturated carbocycles. The summed E-state index contributed by atoms with van der Waals surface area (Å²) in [5, 5.41) is 0. The van der Waals surface area contributed by atoms with Gasteiger partial charge in [0.1, 0.15) is 6.04 Å². The molecule has 126 valence electrons. The highest BCUT2D eigenvalue weighted by Gasteiger charge is 2.43. The lowest BCUT2D eigenvalue weighted by molar-refractivity contribution is -0.134. The summed E-state index contributed by atoms with van der Waals surface area (Å²) in [6.07, 6.45) is 1.38. The number of amides is 1. The molecule has 0 aromatic heterocycles. The molecule has 3 rings (SSSR count). The summed E-state index contributed by atoms with van der Waals surface area (Å²) in [4.78, 5) is 14.5. The Morgan fingerprint density at radius 3 is 2.41 bits per heavy atom. The van der Waals surface area contributed by atoms with Crippen LogP contribution >= 0.6 is 11.8 Å². The number of hydrogen-bond donors (Lipinski definition) is 0. The number of carbonyl (C=O) groups excluding carboxylic acids is 1. The maximum Gasteiger partial charge on any atom is 0.282 e. The van der Waals surface area contributed by atoms with E-state index in [1.165, 1.54) is 8.61 Å². The molecule has 0 aromatic rings. The molecule has 1 unspecified atom stereocenters. The minimum atomic E-state index is -3.56. The molecule has 0 N–H and O–H groups in total. The van der Waals surface area contributed by atoms with Gasteiger partial charge in [-0.2, -0.15) is 28.8 Å². The molecular weight excluding hydrogens is 326 g/mol. The molecule has 3 aliphatic heterocycles. The van der Waals surface area contributed by atoms with E-state index in [0.717, 1.165) is 31.0 Å². The van der Waals surface area contributed by atoms with Gasteiger partial charge in [-0.25, -0.2) is 0 Å². The van der Waals surface area contributed by atoms with Gasteiger partial charge in [-0.05, 0) is 12.8 Å². The minimum Gasteiger partial charge on any atom is -0.379 e. The van der Waals surface area contributed by atoms with Crippen LogP contribution in [0.25, 0.3) is 0 Å². The Balaban J connectivity index is 1.72. The van der Waals surface area contributed by atoms with Crippen molar-refractivity contribution >= 4 is 27.9 Å². The van der Waals surface area contributed by atoms with E-state index in [1.54, 1.807) is 0 Å². The fourth-order valence-corrected chi connectivity index (χ4v) is 5.87. The van der Waals surface area contributed by atoms with E-state index in [1.807, 2.05) is 16.7 Å². The van der Waals surface area contributed by atoms with Gasteiger partial charge in [0.2, 0.25) is 5.91 Å². The maximum absolute atomic E-state index is 12.8. The van der Waals surface area contributed by atoms with Gasteiger partial charge in [-0.15, -0.1) is 0 Å². The van der Waals surface area contributed by atoms with Crippen LogP contribution in [0.1, 0.15) is 12.8 Å². The normalized spacial score (nSPS) is 28.9. The van der Waals surface area contributed by atoms with Crippen molar-refractivity contribution in [2.45, 2.75) is 18.9 Å². The molecule has 0 radical (unpaired) electrons. The lowest BCUT2D eigenvalue weighted by Crippen LogP contribution is -2.54. The van der Waals surface area contributed by atoms with E-state index in [4.69, 9.17) is 4.74 Å². The van der Waals surface area contributed by atoms with Gasteiger partial charge in [0, 0.05) is 44.2 Å². The van der Waals surface area contributed by atoms with E-state index in [-0.39, 0.29) is 5.91 Å². The third-order valence-corrected chi connectivity index (χ3v) is 7.39. The molecule has 22 heavy (non-hydrogen) atoms. The average molecular weight is 349 g/mol. The predicted octanol–water partition coefficient (Wildman–Crippen LogP) is -0.397. The highest BCUT2D eigenvalue weighted by Crippen LogP contribution is 2.26. The Kier molecular flexibility index (Phi) is 5.28. The molecule has 0 bridgehead atoms. The monoisotopic (exact) mass is 349 g/mol. The molecule has 3 heterocycles. The van der Waals surface area contributed by atoms with Crippen molar-refractivity contribution in [3.63, 3.8) is 0 Å². The third kappa shape index (κ3) is 3.28.